The first-order valence-corrected chi connectivity index (χ1v) is 5.29. The Morgan fingerprint density at radius 2 is 1.79 bits per heavy atom. The monoisotopic (exact) mass is 190 g/mol. The quantitative estimate of drug-likeness (QED) is 0.695. The van der Waals surface area contributed by atoms with E-state index in [1.165, 1.54) is 12.0 Å². The predicted molar refractivity (Wildman–Crippen MR) is 58.4 cm³/mol. The van der Waals surface area contributed by atoms with Crippen molar-refractivity contribution in [1.82, 2.24) is 0 Å². The lowest BCUT2D eigenvalue weighted by Gasteiger charge is -2.19. The Balaban J connectivity index is 1.94. The van der Waals surface area contributed by atoms with E-state index < -0.39 is 0 Å². The molecule has 1 nitrogen and oxygen atoms in total. The molecule has 1 heteroatoms. The van der Waals surface area contributed by atoms with Gasteiger partial charge in [-0.05, 0) is 32.8 Å². The van der Waals surface area contributed by atoms with Gasteiger partial charge in [-0.3, -0.25) is 0 Å². The SMILES string of the molecule is CC(C)(C)O[C@@H]1C[C@H]1c1ccccc1. The molecule has 14 heavy (non-hydrogen) atoms. The first-order valence-electron chi connectivity index (χ1n) is 5.29. The van der Waals surface area contributed by atoms with Crippen molar-refractivity contribution in [3.8, 4) is 0 Å². The number of benzene rings is 1. The van der Waals surface area contributed by atoms with Crippen molar-refractivity contribution < 1.29 is 4.74 Å². The molecule has 0 spiro atoms. The highest BCUT2D eigenvalue weighted by atomic mass is 16.5. The Hall–Kier alpha value is -0.820. The van der Waals surface area contributed by atoms with E-state index in [4.69, 9.17) is 4.74 Å². The van der Waals surface area contributed by atoms with Crippen LogP contribution in [0.25, 0.3) is 0 Å². The zero-order chi connectivity index (χ0) is 10.2. The maximum absolute atomic E-state index is 5.92. The molecule has 0 unspecified atom stereocenters. The molecule has 1 aromatic rings. The summed E-state index contributed by atoms with van der Waals surface area (Å²) < 4.78 is 5.92. The van der Waals surface area contributed by atoms with Gasteiger partial charge in [-0.15, -0.1) is 0 Å². The van der Waals surface area contributed by atoms with E-state index in [0.29, 0.717) is 12.0 Å². The molecule has 0 amide bonds. The van der Waals surface area contributed by atoms with E-state index in [1.54, 1.807) is 0 Å². The van der Waals surface area contributed by atoms with Crippen LogP contribution in [0.5, 0.6) is 0 Å². The summed E-state index contributed by atoms with van der Waals surface area (Å²) >= 11 is 0. The van der Waals surface area contributed by atoms with Crippen LogP contribution in [0.1, 0.15) is 38.7 Å². The number of hydrogen-bond acceptors (Lipinski definition) is 1. The second-order valence-electron chi connectivity index (χ2n) is 5.02. The van der Waals surface area contributed by atoms with E-state index >= 15 is 0 Å². The van der Waals surface area contributed by atoms with Crippen LogP contribution in [0, 0.1) is 0 Å². The summed E-state index contributed by atoms with van der Waals surface area (Å²) in [5.41, 5.74) is 1.41. The average molecular weight is 190 g/mol. The van der Waals surface area contributed by atoms with Gasteiger partial charge in [0.2, 0.25) is 0 Å². The lowest BCUT2D eigenvalue weighted by molar-refractivity contribution is -0.0176. The van der Waals surface area contributed by atoms with Crippen LogP contribution in [-0.4, -0.2) is 11.7 Å². The molecule has 0 N–H and O–H groups in total. The van der Waals surface area contributed by atoms with Gasteiger partial charge in [0, 0.05) is 5.92 Å². The van der Waals surface area contributed by atoms with Crippen molar-refractivity contribution in [2.75, 3.05) is 0 Å². The summed E-state index contributed by atoms with van der Waals surface area (Å²) in [7, 11) is 0. The maximum atomic E-state index is 5.92. The third kappa shape index (κ3) is 2.36. The Bertz CT molecular complexity index is 297. The fourth-order valence-corrected chi connectivity index (χ4v) is 1.81. The predicted octanol–water partition coefficient (Wildman–Crippen LogP) is 3.36. The molecule has 0 saturated heterocycles. The maximum Gasteiger partial charge on any atom is 0.0658 e. The topological polar surface area (TPSA) is 9.23 Å². The smallest absolute Gasteiger partial charge is 0.0658 e. The van der Waals surface area contributed by atoms with E-state index in [-0.39, 0.29) is 5.60 Å². The molecule has 0 heterocycles. The van der Waals surface area contributed by atoms with Gasteiger partial charge in [-0.25, -0.2) is 0 Å². The molecule has 1 fully saturated rings. The highest BCUT2D eigenvalue weighted by Gasteiger charge is 2.41. The van der Waals surface area contributed by atoms with Gasteiger partial charge in [0.15, 0.2) is 0 Å². The first kappa shape index (κ1) is 9.72. The Kier molecular flexibility index (Phi) is 2.36. The molecule has 0 radical (unpaired) electrons. The molecule has 0 bridgehead atoms. The summed E-state index contributed by atoms with van der Waals surface area (Å²) in [6, 6.07) is 10.6. The van der Waals surface area contributed by atoms with Crippen LogP contribution in [0.15, 0.2) is 30.3 Å². The highest BCUT2D eigenvalue weighted by molar-refractivity contribution is 5.26. The molecule has 2 atom stereocenters. The lowest BCUT2D eigenvalue weighted by atomic mass is 10.1. The van der Waals surface area contributed by atoms with Gasteiger partial charge < -0.3 is 4.74 Å². The lowest BCUT2D eigenvalue weighted by Crippen LogP contribution is -2.20. The van der Waals surface area contributed by atoms with Gasteiger partial charge >= 0.3 is 0 Å². The first-order chi connectivity index (χ1) is 6.56. The van der Waals surface area contributed by atoms with Gasteiger partial charge in [0.25, 0.3) is 0 Å². The molecule has 1 aromatic carbocycles. The summed E-state index contributed by atoms with van der Waals surface area (Å²) in [5, 5.41) is 0. The number of rotatable bonds is 2. The fraction of sp³-hybridized carbons (Fsp3) is 0.538. The summed E-state index contributed by atoms with van der Waals surface area (Å²) in [6.07, 6.45) is 1.62. The van der Waals surface area contributed by atoms with Crippen molar-refractivity contribution in [1.29, 1.82) is 0 Å². The minimum Gasteiger partial charge on any atom is -0.372 e. The summed E-state index contributed by atoms with van der Waals surface area (Å²) in [5.74, 6) is 0.635. The van der Waals surface area contributed by atoms with Gasteiger partial charge in [0.05, 0.1) is 11.7 Å². The van der Waals surface area contributed by atoms with Crippen LogP contribution < -0.4 is 0 Å². The zero-order valence-corrected chi connectivity index (χ0v) is 9.16. The largest absolute Gasteiger partial charge is 0.372 e. The normalized spacial score (nSPS) is 26.2. The van der Waals surface area contributed by atoms with Crippen molar-refractivity contribution >= 4 is 0 Å². The molecule has 1 aliphatic carbocycles. The van der Waals surface area contributed by atoms with Crippen molar-refractivity contribution in [3.05, 3.63) is 35.9 Å². The fourth-order valence-electron chi connectivity index (χ4n) is 1.81. The van der Waals surface area contributed by atoms with Gasteiger partial charge in [0.1, 0.15) is 0 Å². The molecular weight excluding hydrogens is 172 g/mol. The van der Waals surface area contributed by atoms with E-state index in [0.717, 1.165) is 0 Å². The molecular formula is C13H18O. The molecule has 2 rings (SSSR count). The standard InChI is InChI=1S/C13H18O/c1-13(2,3)14-12-9-11(12)10-7-5-4-6-8-10/h4-8,11-12H,9H2,1-3H3/t11-,12+/m0/s1. The highest BCUT2D eigenvalue weighted by Crippen LogP contribution is 2.44. The van der Waals surface area contributed by atoms with Crippen LogP contribution >= 0.6 is 0 Å². The van der Waals surface area contributed by atoms with Gasteiger partial charge in [-0.1, -0.05) is 30.3 Å². The molecule has 76 valence electrons. The van der Waals surface area contributed by atoms with E-state index in [1.807, 2.05) is 0 Å². The zero-order valence-electron chi connectivity index (χ0n) is 9.16. The Morgan fingerprint density at radius 1 is 1.14 bits per heavy atom. The Morgan fingerprint density at radius 3 is 2.36 bits per heavy atom. The van der Waals surface area contributed by atoms with Gasteiger partial charge in [-0.2, -0.15) is 0 Å². The van der Waals surface area contributed by atoms with Crippen LogP contribution in [0.3, 0.4) is 0 Å². The second kappa shape index (κ2) is 3.39. The van der Waals surface area contributed by atoms with E-state index in [9.17, 15) is 0 Å². The minimum atomic E-state index is -0.00576. The minimum absolute atomic E-state index is 0.00576. The third-order valence-electron chi connectivity index (χ3n) is 2.46. The number of hydrogen-bond donors (Lipinski definition) is 0. The molecule has 0 aliphatic heterocycles. The molecule has 1 saturated carbocycles. The molecule has 0 aromatic heterocycles. The number of ether oxygens (including phenoxy) is 1. The van der Waals surface area contributed by atoms with Crippen molar-refractivity contribution in [3.63, 3.8) is 0 Å². The second-order valence-corrected chi connectivity index (χ2v) is 5.02. The van der Waals surface area contributed by atoms with Crippen LogP contribution in [0.2, 0.25) is 0 Å². The third-order valence-corrected chi connectivity index (χ3v) is 2.46. The van der Waals surface area contributed by atoms with E-state index in [2.05, 4.69) is 51.1 Å². The average Bonchev–Trinajstić information content (AvgIpc) is 2.82. The Labute approximate surface area is 86.1 Å². The molecule has 1 aliphatic rings. The van der Waals surface area contributed by atoms with Crippen LogP contribution in [0.4, 0.5) is 0 Å². The summed E-state index contributed by atoms with van der Waals surface area (Å²) in [4.78, 5) is 0. The van der Waals surface area contributed by atoms with Crippen molar-refractivity contribution in [2.24, 2.45) is 0 Å². The van der Waals surface area contributed by atoms with Crippen LogP contribution in [-0.2, 0) is 4.74 Å². The van der Waals surface area contributed by atoms with Crippen molar-refractivity contribution in [2.45, 2.75) is 44.8 Å². The summed E-state index contributed by atoms with van der Waals surface area (Å²) in [6.45, 7) is 6.36.